The summed E-state index contributed by atoms with van der Waals surface area (Å²) in [6, 6.07) is 16.9. The predicted octanol–water partition coefficient (Wildman–Crippen LogP) is 31.9. The lowest BCUT2D eigenvalue weighted by Crippen LogP contribution is -2.03. The summed E-state index contributed by atoms with van der Waals surface area (Å²) in [7, 11) is 0. The molecule has 9 rings (SSSR count). The number of aromatic amines is 2. The van der Waals surface area contributed by atoms with Gasteiger partial charge in [-0.05, 0) is 99.9 Å². The van der Waals surface area contributed by atoms with Crippen molar-refractivity contribution < 1.29 is 37.9 Å². The summed E-state index contributed by atoms with van der Waals surface area (Å²) in [6.07, 6.45) is 66.0. The van der Waals surface area contributed by atoms with Gasteiger partial charge in [0.2, 0.25) is 0 Å². The Morgan fingerprint density at radius 3 is 0.450 bits per heavy atom. The summed E-state index contributed by atoms with van der Waals surface area (Å²) < 4.78 is 55.7. The summed E-state index contributed by atoms with van der Waals surface area (Å²) in [5.74, 6) is 7.31. The molecule has 8 bridgehead atoms. The second kappa shape index (κ2) is 58.7. The van der Waals surface area contributed by atoms with Gasteiger partial charge >= 0.3 is 0 Å². The summed E-state index contributed by atoms with van der Waals surface area (Å²) in [4.78, 5) is 41.7. The molecular formula is C104H162N8O8. The summed E-state index contributed by atoms with van der Waals surface area (Å²) in [6.45, 7) is 22.7. The Bertz CT molecular complexity index is 3640. The van der Waals surface area contributed by atoms with Crippen molar-refractivity contribution in [1.82, 2.24) is 39.9 Å². The first-order chi connectivity index (χ1) is 59.3. The molecule has 4 aromatic carbocycles. The molecule has 16 heteroatoms. The number of fused-ring (bicyclic) bond motifs is 20. The number of unbranched alkanes of at least 4 members (excludes halogenated alkanes) is 48. The van der Waals surface area contributed by atoms with Crippen molar-refractivity contribution in [2.75, 3.05) is 52.9 Å². The third-order valence-corrected chi connectivity index (χ3v) is 24.1. The topological polar surface area (TPSA) is 183 Å². The number of ether oxygens (including phenoxy) is 8. The Kier molecular flexibility index (Phi) is 47.1. The van der Waals surface area contributed by atoms with Gasteiger partial charge in [0, 0.05) is 43.8 Å². The van der Waals surface area contributed by atoms with E-state index in [0.717, 1.165) is 147 Å². The zero-order chi connectivity index (χ0) is 84.1. The summed E-state index contributed by atoms with van der Waals surface area (Å²) in [5.41, 5.74) is 5.37. The van der Waals surface area contributed by atoms with E-state index in [2.05, 4.69) is 114 Å². The van der Waals surface area contributed by atoms with Crippen LogP contribution in [-0.2, 0) is 0 Å². The molecule has 0 fully saturated rings. The molecule has 3 aromatic heterocycles. The number of hydrogen-bond acceptors (Lipinski definition) is 14. The van der Waals surface area contributed by atoms with Gasteiger partial charge in [-0.2, -0.15) is 0 Å². The molecule has 16 nitrogen and oxygen atoms in total. The summed E-state index contributed by atoms with van der Waals surface area (Å²) in [5, 5.41) is 3.24. The van der Waals surface area contributed by atoms with E-state index in [1.165, 1.54) is 257 Å². The highest BCUT2D eigenvalue weighted by Crippen LogP contribution is 2.47. The molecule has 5 heterocycles. The number of H-pyrrole nitrogens is 2. The number of rotatable bonds is 72. The molecule has 0 saturated heterocycles. The zero-order valence-electron chi connectivity index (χ0n) is 76.8. The van der Waals surface area contributed by atoms with Crippen molar-refractivity contribution in [2.45, 2.75) is 415 Å². The molecule has 2 aliphatic rings. The third-order valence-electron chi connectivity index (χ3n) is 24.1. The molecule has 2 N–H and O–H groups in total. The van der Waals surface area contributed by atoms with Crippen LogP contribution >= 0.6 is 0 Å². The Labute approximate surface area is 725 Å². The van der Waals surface area contributed by atoms with Crippen LogP contribution in [0, 0.1) is 0 Å². The van der Waals surface area contributed by atoms with Gasteiger partial charge in [0.25, 0.3) is 0 Å². The first-order valence-corrected chi connectivity index (χ1v) is 49.9. The van der Waals surface area contributed by atoms with E-state index in [1.807, 2.05) is 0 Å². The van der Waals surface area contributed by atoms with Crippen LogP contribution in [0.1, 0.15) is 415 Å². The lowest BCUT2D eigenvalue weighted by molar-refractivity contribution is 0.258. The minimum absolute atomic E-state index is 0.473. The monoisotopic (exact) mass is 1650 g/mol. The van der Waals surface area contributed by atoms with E-state index in [1.54, 1.807) is 0 Å². The molecule has 0 unspecified atom stereocenters. The van der Waals surface area contributed by atoms with Crippen molar-refractivity contribution in [2.24, 2.45) is 0 Å². The quantitative estimate of drug-likeness (QED) is 0.0343. The molecule has 7 aromatic rings. The fourth-order valence-corrected chi connectivity index (χ4v) is 16.6. The van der Waals surface area contributed by atoms with E-state index in [9.17, 15) is 0 Å². The predicted molar refractivity (Wildman–Crippen MR) is 504 cm³/mol. The molecule has 0 radical (unpaired) electrons. The molecule has 2 aliphatic heterocycles. The van der Waals surface area contributed by atoms with Gasteiger partial charge in [-0.1, -0.05) is 364 Å². The van der Waals surface area contributed by atoms with Crippen LogP contribution in [0.3, 0.4) is 0 Å². The van der Waals surface area contributed by atoms with E-state index in [4.69, 9.17) is 67.8 Å². The smallest absolute Gasteiger partial charge is 0.164 e. The second-order valence-electron chi connectivity index (χ2n) is 34.7. The Morgan fingerprint density at radius 2 is 0.300 bits per heavy atom. The number of nitrogens with one attached hydrogen (secondary N) is 2. The normalized spacial score (nSPS) is 11.8. The van der Waals surface area contributed by atoms with Gasteiger partial charge < -0.3 is 47.9 Å². The SMILES string of the molecule is CCCCCCCCCOc1cc2c(cc1OCCCCCCCCC)-c1nc-2nc2[nH]c(nc3nc(nc4[nH]c(n1)c1cc(OCCCCCCCCC)c(OCCCCCCCCC)cc41)-c1cc(OCCCCCCCCC)c(OCCCCCCCCC)cc1-3)c1cc(OCCCCCCCCC)c(OCCCCCCCCC)cc21. The zero-order valence-corrected chi connectivity index (χ0v) is 76.8. The van der Waals surface area contributed by atoms with Gasteiger partial charge in [-0.15, -0.1) is 0 Å². The minimum atomic E-state index is 0.473. The summed E-state index contributed by atoms with van der Waals surface area (Å²) >= 11 is 0. The maximum atomic E-state index is 6.96. The minimum Gasteiger partial charge on any atom is -0.490 e. The van der Waals surface area contributed by atoms with Gasteiger partial charge in [0.05, 0.1) is 52.9 Å². The van der Waals surface area contributed by atoms with Gasteiger partial charge in [-0.3, -0.25) is 0 Å². The Morgan fingerprint density at radius 1 is 0.167 bits per heavy atom. The van der Waals surface area contributed by atoms with Crippen LogP contribution in [0.4, 0.5) is 0 Å². The fraction of sp³-hybridized carbons (Fsp3) is 0.692. The molecule has 666 valence electrons. The first-order valence-electron chi connectivity index (χ1n) is 49.9. The maximum absolute atomic E-state index is 6.96. The van der Waals surface area contributed by atoms with Gasteiger partial charge in [0.1, 0.15) is 22.6 Å². The third kappa shape index (κ3) is 33.0. The molecular weight excluding hydrogens is 1490 g/mol. The van der Waals surface area contributed by atoms with Crippen LogP contribution in [0.15, 0.2) is 48.5 Å². The largest absolute Gasteiger partial charge is 0.490 e. The number of aromatic nitrogens is 8. The Balaban J connectivity index is 1.30. The Hall–Kier alpha value is -7.36. The number of benzene rings is 4. The first kappa shape index (κ1) is 96.5. The highest BCUT2D eigenvalue weighted by atomic mass is 16.5. The highest BCUT2D eigenvalue weighted by molar-refractivity contribution is 6.08. The van der Waals surface area contributed by atoms with Crippen molar-refractivity contribution in [1.29, 1.82) is 0 Å². The standard InChI is InChI=1S/C104H162N8O8/c1-9-17-25-33-41-49-57-65-113-89-73-81-82(74-90(89)114-66-58-50-42-34-26-18-10-2)98-105-97(81)109-99-83-75-91(115-67-59-51-43-35-27-19-11-3)92(116-68-60-52-44-36-28-20-12-4)76-84(83)101(106-99)111-103-87-79-95(119-71-63-55-47-39-31-23-15-7)96(120-72-64-56-48-40-32-24-16-8)80-88(87)104(108-103)112-102-86-78-94(118-70-62-54-46-38-30-22-14-6)93(77-85(86)100(107-102)110-98)117-69-61-53-45-37-29-21-13-5/h73-80H,9-72H2,1-8H3,(H2,105,106,107,108,109,110,111,112). The van der Waals surface area contributed by atoms with Crippen LogP contribution in [0.5, 0.6) is 46.0 Å². The van der Waals surface area contributed by atoms with Crippen LogP contribution in [0.25, 0.3) is 89.7 Å². The molecule has 0 saturated carbocycles. The molecule has 120 heavy (non-hydrogen) atoms. The van der Waals surface area contributed by atoms with Crippen molar-refractivity contribution in [3.05, 3.63) is 48.5 Å². The van der Waals surface area contributed by atoms with Crippen LogP contribution in [0.2, 0.25) is 0 Å². The van der Waals surface area contributed by atoms with Crippen LogP contribution < -0.4 is 37.9 Å². The average molecular weight is 1650 g/mol. The van der Waals surface area contributed by atoms with E-state index in [-0.39, 0.29) is 0 Å². The van der Waals surface area contributed by atoms with Crippen molar-refractivity contribution in [3.63, 3.8) is 0 Å². The van der Waals surface area contributed by atoms with Crippen molar-refractivity contribution >= 4 is 44.1 Å². The molecule has 0 aliphatic carbocycles. The van der Waals surface area contributed by atoms with E-state index < -0.39 is 0 Å². The fourth-order valence-electron chi connectivity index (χ4n) is 16.6. The van der Waals surface area contributed by atoms with Gasteiger partial charge in [-0.25, -0.2) is 29.9 Å². The molecule has 0 amide bonds. The lowest BCUT2D eigenvalue weighted by Gasteiger charge is -2.15. The van der Waals surface area contributed by atoms with Crippen LogP contribution in [-0.4, -0.2) is 92.7 Å². The van der Waals surface area contributed by atoms with E-state index in [0.29, 0.717) is 145 Å². The number of nitrogens with zero attached hydrogens (tertiary/aromatic N) is 6. The van der Waals surface area contributed by atoms with Crippen molar-refractivity contribution in [3.8, 4) is 91.5 Å². The molecule has 0 atom stereocenters. The highest BCUT2D eigenvalue weighted by Gasteiger charge is 2.29. The second-order valence-corrected chi connectivity index (χ2v) is 34.7. The molecule has 0 spiro atoms. The maximum Gasteiger partial charge on any atom is 0.164 e. The van der Waals surface area contributed by atoms with Gasteiger partial charge in [0.15, 0.2) is 69.3 Å². The average Bonchev–Trinajstić information content (AvgIpc) is 1.59. The number of hydrogen-bond donors (Lipinski definition) is 2. The van der Waals surface area contributed by atoms with E-state index >= 15 is 0 Å². The lowest BCUT2D eigenvalue weighted by atomic mass is 10.1.